The maximum absolute atomic E-state index is 12.9. The van der Waals surface area contributed by atoms with Crippen LogP contribution in [-0.2, 0) is 9.59 Å². The quantitative estimate of drug-likeness (QED) is 0.614. The molecule has 0 unspecified atom stereocenters. The molecule has 142 valence electrons. The van der Waals surface area contributed by atoms with Gasteiger partial charge in [0.2, 0.25) is 6.79 Å². The summed E-state index contributed by atoms with van der Waals surface area (Å²) in [5, 5.41) is 12.0. The Morgan fingerprint density at radius 1 is 1.11 bits per heavy atom. The lowest BCUT2D eigenvalue weighted by atomic mass is 10.1. The van der Waals surface area contributed by atoms with Gasteiger partial charge in [-0.15, -0.1) is 0 Å². The van der Waals surface area contributed by atoms with E-state index in [0.29, 0.717) is 17.1 Å². The predicted molar refractivity (Wildman–Crippen MR) is 96.2 cm³/mol. The number of carbonyl (C=O) groups excluding carboxylic acids is 3. The summed E-state index contributed by atoms with van der Waals surface area (Å²) in [5.74, 6) is -0.650. The number of hydrogen-bond donors (Lipinski definition) is 2. The number of imide groups is 2. The van der Waals surface area contributed by atoms with Crippen LogP contribution in [0.2, 0.25) is 0 Å². The maximum Gasteiger partial charge on any atom is 0.335 e. The Kier molecular flexibility index (Phi) is 4.11. The molecule has 0 spiro atoms. The third-order valence-electron chi connectivity index (χ3n) is 4.23. The largest absolute Gasteiger partial charge is 0.504 e. The van der Waals surface area contributed by atoms with Crippen molar-refractivity contribution in [1.29, 1.82) is 0 Å². The number of phenols is 1. The van der Waals surface area contributed by atoms with Gasteiger partial charge in [-0.05, 0) is 35.9 Å². The molecule has 2 aromatic carbocycles. The lowest BCUT2D eigenvalue weighted by Crippen LogP contribution is -2.54. The van der Waals surface area contributed by atoms with E-state index in [-0.39, 0.29) is 29.6 Å². The molecule has 4 amide bonds. The van der Waals surface area contributed by atoms with Crippen molar-refractivity contribution in [2.45, 2.75) is 0 Å². The standard InChI is InChI=1S/C19H14N2O7/c1-26-14-4-2-10(7-13(14)22)6-12-17(23)20-19(25)21(18(12)24)11-3-5-15-16(8-11)28-9-27-15/h2-8,22H,9H2,1H3,(H,20,23,25)/b12-6-. The van der Waals surface area contributed by atoms with Crippen molar-refractivity contribution >= 4 is 29.6 Å². The van der Waals surface area contributed by atoms with Crippen molar-refractivity contribution in [1.82, 2.24) is 5.32 Å². The van der Waals surface area contributed by atoms with Crippen LogP contribution in [0, 0.1) is 0 Å². The Hall–Kier alpha value is -4.01. The Labute approximate surface area is 158 Å². The number of ether oxygens (including phenoxy) is 3. The number of aromatic hydroxyl groups is 1. The summed E-state index contributed by atoms with van der Waals surface area (Å²) in [4.78, 5) is 38.2. The van der Waals surface area contributed by atoms with E-state index in [2.05, 4.69) is 5.32 Å². The van der Waals surface area contributed by atoms with Gasteiger partial charge in [0.1, 0.15) is 5.57 Å². The molecule has 9 heteroatoms. The smallest absolute Gasteiger partial charge is 0.335 e. The first kappa shape index (κ1) is 17.4. The number of benzene rings is 2. The van der Waals surface area contributed by atoms with Gasteiger partial charge in [-0.1, -0.05) is 6.07 Å². The highest BCUT2D eigenvalue weighted by Gasteiger charge is 2.37. The van der Waals surface area contributed by atoms with Crippen molar-refractivity contribution in [2.24, 2.45) is 0 Å². The van der Waals surface area contributed by atoms with E-state index in [1.807, 2.05) is 0 Å². The van der Waals surface area contributed by atoms with E-state index in [9.17, 15) is 19.5 Å². The van der Waals surface area contributed by atoms with Crippen molar-refractivity contribution in [3.05, 3.63) is 47.5 Å². The van der Waals surface area contributed by atoms with Crippen LogP contribution < -0.4 is 24.4 Å². The second-order valence-corrected chi connectivity index (χ2v) is 5.93. The molecule has 1 saturated heterocycles. The molecule has 2 aromatic rings. The second kappa shape index (κ2) is 6.62. The third-order valence-corrected chi connectivity index (χ3v) is 4.23. The molecule has 0 bridgehead atoms. The molecular formula is C19H14N2O7. The predicted octanol–water partition coefficient (Wildman–Crippen LogP) is 1.80. The first-order valence-electron chi connectivity index (χ1n) is 8.16. The highest BCUT2D eigenvalue weighted by molar-refractivity contribution is 6.39. The van der Waals surface area contributed by atoms with Crippen LogP contribution in [0.5, 0.6) is 23.0 Å². The van der Waals surface area contributed by atoms with E-state index in [0.717, 1.165) is 4.90 Å². The highest BCUT2D eigenvalue weighted by atomic mass is 16.7. The van der Waals surface area contributed by atoms with Crippen LogP contribution in [0.4, 0.5) is 10.5 Å². The Balaban J connectivity index is 1.71. The summed E-state index contributed by atoms with van der Waals surface area (Å²) >= 11 is 0. The minimum Gasteiger partial charge on any atom is -0.504 e. The zero-order valence-corrected chi connectivity index (χ0v) is 14.6. The summed E-state index contributed by atoms with van der Waals surface area (Å²) < 4.78 is 15.4. The average Bonchev–Trinajstić information content (AvgIpc) is 3.13. The van der Waals surface area contributed by atoms with E-state index < -0.39 is 17.8 Å². The number of fused-ring (bicyclic) bond motifs is 1. The van der Waals surface area contributed by atoms with Crippen LogP contribution in [-0.4, -0.2) is 36.9 Å². The Bertz CT molecular complexity index is 1040. The summed E-state index contributed by atoms with van der Waals surface area (Å²) in [6.07, 6.45) is 1.28. The van der Waals surface area contributed by atoms with Crippen LogP contribution in [0.25, 0.3) is 6.08 Å². The number of nitrogens with zero attached hydrogens (tertiary/aromatic N) is 1. The van der Waals surface area contributed by atoms with Gasteiger partial charge in [0.25, 0.3) is 11.8 Å². The minimum absolute atomic E-state index is 0.0452. The fraction of sp³-hybridized carbons (Fsp3) is 0.105. The van der Waals surface area contributed by atoms with Gasteiger partial charge in [-0.3, -0.25) is 14.9 Å². The summed E-state index contributed by atoms with van der Waals surface area (Å²) in [6.45, 7) is 0.0452. The number of phenolic OH excluding ortho intramolecular Hbond substituents is 1. The van der Waals surface area contributed by atoms with Gasteiger partial charge >= 0.3 is 6.03 Å². The number of methoxy groups -OCH3 is 1. The normalized spacial score (nSPS) is 17.1. The average molecular weight is 382 g/mol. The molecule has 4 rings (SSSR count). The van der Waals surface area contributed by atoms with E-state index in [1.165, 1.54) is 37.5 Å². The van der Waals surface area contributed by atoms with Gasteiger partial charge in [0.05, 0.1) is 12.8 Å². The van der Waals surface area contributed by atoms with Gasteiger partial charge < -0.3 is 19.3 Å². The lowest BCUT2D eigenvalue weighted by Gasteiger charge is -2.26. The summed E-state index contributed by atoms with van der Waals surface area (Å²) in [6, 6.07) is 8.09. The molecule has 2 heterocycles. The summed E-state index contributed by atoms with van der Waals surface area (Å²) in [7, 11) is 1.40. The van der Waals surface area contributed by atoms with E-state index >= 15 is 0 Å². The summed E-state index contributed by atoms with van der Waals surface area (Å²) in [5.41, 5.74) is 0.348. The van der Waals surface area contributed by atoms with Gasteiger partial charge in [0.15, 0.2) is 23.0 Å². The maximum atomic E-state index is 12.9. The lowest BCUT2D eigenvalue weighted by molar-refractivity contribution is -0.122. The first-order valence-corrected chi connectivity index (χ1v) is 8.16. The molecule has 28 heavy (non-hydrogen) atoms. The molecule has 0 aromatic heterocycles. The number of amides is 4. The minimum atomic E-state index is -0.872. The van der Waals surface area contributed by atoms with Crippen molar-refractivity contribution in [2.75, 3.05) is 18.8 Å². The van der Waals surface area contributed by atoms with E-state index in [4.69, 9.17) is 14.2 Å². The monoisotopic (exact) mass is 382 g/mol. The van der Waals surface area contributed by atoms with Crippen molar-refractivity contribution < 1.29 is 33.7 Å². The molecule has 2 aliphatic rings. The van der Waals surface area contributed by atoms with Gasteiger partial charge in [0, 0.05) is 6.07 Å². The van der Waals surface area contributed by atoms with Crippen LogP contribution in [0.15, 0.2) is 42.0 Å². The second-order valence-electron chi connectivity index (χ2n) is 5.93. The van der Waals surface area contributed by atoms with Gasteiger partial charge in [-0.25, -0.2) is 9.69 Å². The molecule has 9 nitrogen and oxygen atoms in total. The molecule has 2 N–H and O–H groups in total. The highest BCUT2D eigenvalue weighted by Crippen LogP contribution is 2.36. The molecular weight excluding hydrogens is 368 g/mol. The fourth-order valence-electron chi connectivity index (χ4n) is 2.88. The Morgan fingerprint density at radius 2 is 1.89 bits per heavy atom. The molecule has 2 aliphatic heterocycles. The number of carbonyl (C=O) groups is 3. The number of nitrogens with one attached hydrogen (secondary N) is 1. The number of rotatable bonds is 3. The third kappa shape index (κ3) is 2.88. The number of hydrogen-bond acceptors (Lipinski definition) is 7. The van der Waals surface area contributed by atoms with Crippen LogP contribution in [0.1, 0.15) is 5.56 Å². The van der Waals surface area contributed by atoms with Crippen molar-refractivity contribution in [3.8, 4) is 23.0 Å². The van der Waals surface area contributed by atoms with Crippen LogP contribution >= 0.6 is 0 Å². The zero-order valence-electron chi connectivity index (χ0n) is 14.6. The molecule has 0 saturated carbocycles. The molecule has 0 atom stereocenters. The number of anilines is 1. The number of urea groups is 1. The van der Waals surface area contributed by atoms with Crippen LogP contribution in [0.3, 0.4) is 0 Å². The fourth-order valence-corrected chi connectivity index (χ4v) is 2.88. The topological polar surface area (TPSA) is 114 Å². The SMILES string of the molecule is COc1ccc(/C=C2/C(=O)NC(=O)N(c3ccc4c(c3)OCO4)C2=O)cc1O. The molecule has 0 aliphatic carbocycles. The molecule has 0 radical (unpaired) electrons. The molecule has 1 fully saturated rings. The first-order chi connectivity index (χ1) is 13.5. The van der Waals surface area contributed by atoms with Gasteiger partial charge in [-0.2, -0.15) is 0 Å². The van der Waals surface area contributed by atoms with E-state index in [1.54, 1.807) is 12.1 Å². The Morgan fingerprint density at radius 3 is 2.64 bits per heavy atom. The van der Waals surface area contributed by atoms with Crippen molar-refractivity contribution in [3.63, 3.8) is 0 Å². The zero-order chi connectivity index (χ0) is 19.8. The number of barbiturate groups is 1.